The normalized spacial score (nSPS) is 24.0. The van der Waals surface area contributed by atoms with Crippen molar-refractivity contribution >= 4 is 0 Å². The molecule has 18 heavy (non-hydrogen) atoms. The minimum Gasteiger partial charge on any atom is -0.474 e. The van der Waals surface area contributed by atoms with Gasteiger partial charge in [0.15, 0.2) is 0 Å². The lowest BCUT2D eigenvalue weighted by Gasteiger charge is -2.29. The molecule has 0 bridgehead atoms. The molecule has 3 heteroatoms. The fourth-order valence-corrected chi connectivity index (χ4v) is 2.78. The van der Waals surface area contributed by atoms with Gasteiger partial charge in [0, 0.05) is 17.8 Å². The maximum Gasteiger partial charge on any atom is 0.218 e. The fraction of sp³-hybridized carbons (Fsp3) is 0.667. The monoisotopic (exact) mass is 248 g/mol. The van der Waals surface area contributed by atoms with Crippen molar-refractivity contribution < 1.29 is 4.74 Å². The van der Waals surface area contributed by atoms with Gasteiger partial charge in [-0.2, -0.15) is 0 Å². The van der Waals surface area contributed by atoms with Gasteiger partial charge in [-0.1, -0.05) is 13.3 Å². The molecule has 1 heterocycles. The molecule has 0 aromatic carbocycles. The zero-order valence-corrected chi connectivity index (χ0v) is 11.7. The van der Waals surface area contributed by atoms with Crippen molar-refractivity contribution in [1.29, 1.82) is 0 Å². The number of ether oxygens (including phenoxy) is 1. The minimum absolute atomic E-state index is 0.303. The minimum atomic E-state index is 0.303. The number of pyridine rings is 1. The molecule has 2 unspecified atom stereocenters. The number of nitrogens with zero attached hydrogens (tertiary/aromatic N) is 1. The first-order valence-electron chi connectivity index (χ1n) is 6.95. The van der Waals surface area contributed by atoms with Crippen LogP contribution in [0.3, 0.4) is 0 Å². The molecule has 0 saturated heterocycles. The zero-order chi connectivity index (χ0) is 13.1. The molecule has 1 aromatic heterocycles. The zero-order valence-electron chi connectivity index (χ0n) is 11.7. The molecule has 2 rings (SSSR count). The Morgan fingerprint density at radius 1 is 1.33 bits per heavy atom. The van der Waals surface area contributed by atoms with Gasteiger partial charge >= 0.3 is 0 Å². The van der Waals surface area contributed by atoms with Crippen LogP contribution in [0.15, 0.2) is 6.07 Å². The second kappa shape index (κ2) is 5.70. The molecular weight excluding hydrogens is 224 g/mol. The van der Waals surface area contributed by atoms with Crippen LogP contribution in [-0.2, 0) is 6.54 Å². The van der Waals surface area contributed by atoms with E-state index in [1.54, 1.807) is 0 Å². The Labute approximate surface area is 110 Å². The Kier molecular flexibility index (Phi) is 4.23. The van der Waals surface area contributed by atoms with Crippen LogP contribution in [0.2, 0.25) is 0 Å². The average Bonchev–Trinajstić information content (AvgIpc) is 2.31. The molecule has 100 valence electrons. The number of hydrogen-bond donors (Lipinski definition) is 1. The second-order valence-electron chi connectivity index (χ2n) is 5.49. The lowest BCUT2D eigenvalue weighted by Crippen LogP contribution is -2.29. The molecule has 2 N–H and O–H groups in total. The summed E-state index contributed by atoms with van der Waals surface area (Å²) in [6, 6.07) is 2.07. The number of hydrogen-bond acceptors (Lipinski definition) is 3. The highest BCUT2D eigenvalue weighted by atomic mass is 16.5. The maximum absolute atomic E-state index is 6.16. The van der Waals surface area contributed by atoms with E-state index in [0.29, 0.717) is 18.6 Å². The summed E-state index contributed by atoms with van der Waals surface area (Å²) in [5.41, 5.74) is 9.06. The van der Waals surface area contributed by atoms with Gasteiger partial charge in [0.2, 0.25) is 5.88 Å². The number of aryl methyl sites for hydroxylation is 2. The van der Waals surface area contributed by atoms with Crippen molar-refractivity contribution in [2.75, 3.05) is 0 Å². The number of rotatable bonds is 3. The molecule has 3 nitrogen and oxygen atoms in total. The first-order chi connectivity index (χ1) is 8.61. The Hall–Kier alpha value is -1.09. The Morgan fingerprint density at radius 2 is 2.06 bits per heavy atom. The van der Waals surface area contributed by atoms with Crippen molar-refractivity contribution in [2.45, 2.75) is 59.1 Å². The van der Waals surface area contributed by atoms with Gasteiger partial charge in [-0.3, -0.25) is 0 Å². The predicted molar refractivity (Wildman–Crippen MR) is 73.7 cm³/mol. The van der Waals surface area contributed by atoms with Crippen LogP contribution in [0, 0.1) is 19.8 Å². The molecule has 0 aliphatic heterocycles. The molecule has 0 spiro atoms. The van der Waals surface area contributed by atoms with Gasteiger partial charge in [0.1, 0.15) is 6.10 Å². The van der Waals surface area contributed by atoms with Crippen LogP contribution in [0.5, 0.6) is 5.88 Å². The number of aromatic nitrogens is 1. The summed E-state index contributed by atoms with van der Waals surface area (Å²) >= 11 is 0. The lowest BCUT2D eigenvalue weighted by molar-refractivity contribution is 0.0962. The topological polar surface area (TPSA) is 48.1 Å². The fourth-order valence-electron chi connectivity index (χ4n) is 2.78. The highest BCUT2D eigenvalue weighted by Crippen LogP contribution is 2.29. The van der Waals surface area contributed by atoms with Crippen LogP contribution >= 0.6 is 0 Å². The Morgan fingerprint density at radius 3 is 2.72 bits per heavy atom. The molecule has 1 aliphatic carbocycles. The van der Waals surface area contributed by atoms with Gasteiger partial charge in [0.25, 0.3) is 0 Å². The van der Waals surface area contributed by atoms with Crippen LogP contribution in [0.4, 0.5) is 0 Å². The first-order valence-corrected chi connectivity index (χ1v) is 6.95. The standard InChI is InChI=1S/C15H24N2O/c1-10-6-4-5-7-14(10)18-15-13(9-16)11(2)8-12(3)17-15/h8,10,14H,4-7,9,16H2,1-3H3. The quantitative estimate of drug-likeness (QED) is 0.894. The third-order valence-corrected chi connectivity index (χ3v) is 3.94. The van der Waals surface area contributed by atoms with E-state index in [2.05, 4.69) is 24.9 Å². The predicted octanol–water partition coefficient (Wildman–Crippen LogP) is 3.11. The summed E-state index contributed by atoms with van der Waals surface area (Å²) in [5.74, 6) is 1.38. The molecule has 1 aromatic rings. The van der Waals surface area contributed by atoms with Crippen LogP contribution < -0.4 is 10.5 Å². The SMILES string of the molecule is Cc1cc(C)c(CN)c(OC2CCCCC2C)n1. The van der Waals surface area contributed by atoms with Crippen molar-refractivity contribution in [3.8, 4) is 5.88 Å². The summed E-state index contributed by atoms with van der Waals surface area (Å²) in [6.45, 7) is 6.85. The van der Waals surface area contributed by atoms with Crippen molar-refractivity contribution in [3.63, 3.8) is 0 Å². The Bertz CT molecular complexity index is 417. The summed E-state index contributed by atoms with van der Waals surface area (Å²) < 4.78 is 6.16. The third-order valence-electron chi connectivity index (χ3n) is 3.94. The highest BCUT2D eigenvalue weighted by Gasteiger charge is 2.24. The van der Waals surface area contributed by atoms with E-state index in [9.17, 15) is 0 Å². The highest BCUT2D eigenvalue weighted by molar-refractivity contribution is 5.35. The summed E-state index contributed by atoms with van der Waals surface area (Å²) in [5, 5.41) is 0. The third kappa shape index (κ3) is 2.83. The van der Waals surface area contributed by atoms with Crippen LogP contribution in [0.25, 0.3) is 0 Å². The van der Waals surface area contributed by atoms with E-state index >= 15 is 0 Å². The smallest absolute Gasteiger partial charge is 0.218 e. The van der Waals surface area contributed by atoms with Gasteiger partial charge in [-0.15, -0.1) is 0 Å². The van der Waals surface area contributed by atoms with E-state index in [0.717, 1.165) is 23.6 Å². The average molecular weight is 248 g/mol. The molecule has 0 amide bonds. The largest absolute Gasteiger partial charge is 0.474 e. The summed E-state index contributed by atoms with van der Waals surface area (Å²) in [6.07, 6.45) is 5.29. The van der Waals surface area contributed by atoms with Gasteiger partial charge in [-0.05, 0) is 50.7 Å². The summed E-state index contributed by atoms with van der Waals surface area (Å²) in [4.78, 5) is 4.53. The second-order valence-corrected chi connectivity index (χ2v) is 5.49. The molecule has 1 saturated carbocycles. The van der Waals surface area contributed by atoms with Crippen molar-refractivity contribution in [1.82, 2.24) is 4.98 Å². The molecular formula is C15H24N2O. The molecule has 1 aliphatic rings. The molecule has 0 radical (unpaired) electrons. The molecule has 1 fully saturated rings. The molecule has 2 atom stereocenters. The van der Waals surface area contributed by atoms with E-state index in [1.807, 2.05) is 6.92 Å². The van der Waals surface area contributed by atoms with Gasteiger partial charge < -0.3 is 10.5 Å². The number of nitrogens with two attached hydrogens (primary N) is 1. The lowest BCUT2D eigenvalue weighted by atomic mass is 9.88. The van der Waals surface area contributed by atoms with Gasteiger partial charge in [0.05, 0.1) is 0 Å². The maximum atomic E-state index is 6.16. The van der Waals surface area contributed by atoms with Gasteiger partial charge in [-0.25, -0.2) is 4.98 Å². The van der Waals surface area contributed by atoms with Crippen LogP contribution in [0.1, 0.15) is 49.4 Å². The van der Waals surface area contributed by atoms with Crippen molar-refractivity contribution in [2.24, 2.45) is 11.7 Å². The van der Waals surface area contributed by atoms with Crippen molar-refractivity contribution in [3.05, 3.63) is 22.9 Å². The summed E-state index contributed by atoms with van der Waals surface area (Å²) in [7, 11) is 0. The first kappa shape index (κ1) is 13.3. The van der Waals surface area contributed by atoms with Crippen LogP contribution in [-0.4, -0.2) is 11.1 Å². The van der Waals surface area contributed by atoms with E-state index in [-0.39, 0.29) is 0 Å². The van der Waals surface area contributed by atoms with E-state index in [4.69, 9.17) is 10.5 Å². The van der Waals surface area contributed by atoms with E-state index in [1.165, 1.54) is 24.8 Å². The Balaban J connectivity index is 2.22. The van der Waals surface area contributed by atoms with E-state index < -0.39 is 0 Å².